The Kier molecular flexibility index (Phi) is 5.81. The third-order valence-electron chi connectivity index (χ3n) is 5.40. The van der Waals surface area contributed by atoms with Gasteiger partial charge in [0.05, 0.1) is 0 Å². The van der Waals surface area contributed by atoms with Crippen molar-refractivity contribution in [2.45, 2.75) is 36.6 Å². The molecule has 0 spiro atoms. The monoisotopic (exact) mass is 417 g/mol. The summed E-state index contributed by atoms with van der Waals surface area (Å²) < 4.78 is 27.3. The molecule has 2 aromatic rings. The standard InChI is InChI=1S/C19H27N7O2S/c1-20-18-9-19(24-13-23-18)26-8-2-3-15(26)11-21-17-7-6-16(12-22-17)29(27,28)25-10-14-4-5-14/h6-7,9,12-15,25H,2-5,8,10-11H2,1H3,(H,21,22)(H,20,23,24). The van der Waals surface area contributed by atoms with Crippen LogP contribution in [-0.2, 0) is 10.0 Å². The first-order chi connectivity index (χ1) is 14.0. The maximum Gasteiger partial charge on any atom is 0.242 e. The van der Waals surface area contributed by atoms with E-state index in [2.05, 4.69) is 35.2 Å². The highest BCUT2D eigenvalue weighted by atomic mass is 32.2. The van der Waals surface area contributed by atoms with Crippen molar-refractivity contribution in [1.29, 1.82) is 0 Å². The van der Waals surface area contributed by atoms with E-state index in [4.69, 9.17) is 0 Å². The second-order valence-electron chi connectivity index (χ2n) is 7.56. The lowest BCUT2D eigenvalue weighted by molar-refractivity contribution is 0.577. The largest absolute Gasteiger partial charge is 0.373 e. The van der Waals surface area contributed by atoms with Crippen LogP contribution >= 0.6 is 0 Å². The Labute approximate surface area is 171 Å². The Morgan fingerprint density at radius 3 is 2.69 bits per heavy atom. The highest BCUT2D eigenvalue weighted by Crippen LogP contribution is 2.28. The molecule has 3 heterocycles. The summed E-state index contributed by atoms with van der Waals surface area (Å²) >= 11 is 0. The Morgan fingerprint density at radius 1 is 1.10 bits per heavy atom. The van der Waals surface area contributed by atoms with E-state index in [1.54, 1.807) is 18.5 Å². The molecule has 10 heteroatoms. The van der Waals surface area contributed by atoms with Crippen molar-refractivity contribution in [3.8, 4) is 0 Å². The third-order valence-corrected chi connectivity index (χ3v) is 6.81. The molecule has 1 saturated carbocycles. The van der Waals surface area contributed by atoms with Crippen molar-refractivity contribution < 1.29 is 8.42 Å². The molecular formula is C19H27N7O2S. The van der Waals surface area contributed by atoms with E-state index in [1.165, 1.54) is 6.20 Å². The van der Waals surface area contributed by atoms with Crippen molar-refractivity contribution in [1.82, 2.24) is 19.7 Å². The van der Waals surface area contributed by atoms with E-state index < -0.39 is 10.0 Å². The molecule has 0 amide bonds. The third kappa shape index (κ3) is 4.94. The zero-order valence-electron chi connectivity index (χ0n) is 16.5. The van der Waals surface area contributed by atoms with Crippen LogP contribution in [0.15, 0.2) is 35.6 Å². The Bertz CT molecular complexity index is 932. The normalized spacial score (nSPS) is 19.3. The number of rotatable bonds is 9. The first-order valence-electron chi connectivity index (χ1n) is 10.0. The maximum absolute atomic E-state index is 12.3. The number of nitrogens with zero attached hydrogens (tertiary/aromatic N) is 4. The fourth-order valence-electron chi connectivity index (χ4n) is 3.49. The van der Waals surface area contributed by atoms with Crippen LogP contribution in [-0.4, -0.2) is 56.1 Å². The van der Waals surface area contributed by atoms with Crippen LogP contribution in [0.2, 0.25) is 0 Å². The van der Waals surface area contributed by atoms with Gasteiger partial charge in [-0.3, -0.25) is 0 Å². The van der Waals surface area contributed by atoms with E-state index in [1.807, 2.05) is 13.1 Å². The topological polar surface area (TPSA) is 112 Å². The molecule has 3 N–H and O–H groups in total. The molecule has 1 saturated heterocycles. The Morgan fingerprint density at radius 2 is 1.97 bits per heavy atom. The minimum atomic E-state index is -3.48. The quantitative estimate of drug-likeness (QED) is 0.565. The lowest BCUT2D eigenvalue weighted by Crippen LogP contribution is -2.35. The van der Waals surface area contributed by atoms with Gasteiger partial charge in [-0.1, -0.05) is 0 Å². The van der Waals surface area contributed by atoms with Crippen LogP contribution in [0.5, 0.6) is 0 Å². The Balaban J connectivity index is 1.35. The van der Waals surface area contributed by atoms with E-state index in [-0.39, 0.29) is 4.90 Å². The lowest BCUT2D eigenvalue weighted by Gasteiger charge is -2.26. The van der Waals surface area contributed by atoms with Gasteiger partial charge in [-0.25, -0.2) is 28.1 Å². The fourth-order valence-corrected chi connectivity index (χ4v) is 4.55. The molecule has 0 aromatic carbocycles. The molecule has 0 radical (unpaired) electrons. The van der Waals surface area contributed by atoms with Gasteiger partial charge in [0.1, 0.15) is 28.7 Å². The summed E-state index contributed by atoms with van der Waals surface area (Å²) in [7, 11) is -1.64. The van der Waals surface area contributed by atoms with E-state index >= 15 is 0 Å². The van der Waals surface area contributed by atoms with Gasteiger partial charge < -0.3 is 15.5 Å². The van der Waals surface area contributed by atoms with Crippen molar-refractivity contribution in [3.05, 3.63) is 30.7 Å². The molecule has 1 aliphatic heterocycles. The molecule has 2 aliphatic rings. The van der Waals surface area contributed by atoms with Gasteiger partial charge >= 0.3 is 0 Å². The predicted octanol–water partition coefficient (Wildman–Crippen LogP) is 1.68. The van der Waals surface area contributed by atoms with Crippen LogP contribution in [0.1, 0.15) is 25.7 Å². The molecule has 29 heavy (non-hydrogen) atoms. The number of hydrogen-bond acceptors (Lipinski definition) is 8. The minimum absolute atomic E-state index is 0.201. The summed E-state index contributed by atoms with van der Waals surface area (Å²) in [6.45, 7) is 2.17. The van der Waals surface area contributed by atoms with Gasteiger partial charge in [0.25, 0.3) is 0 Å². The van der Waals surface area contributed by atoms with Gasteiger partial charge in [0.2, 0.25) is 10.0 Å². The van der Waals surface area contributed by atoms with E-state index in [0.717, 1.165) is 43.9 Å². The zero-order chi connectivity index (χ0) is 20.3. The van der Waals surface area contributed by atoms with Crippen LogP contribution in [0.4, 0.5) is 17.5 Å². The highest BCUT2D eigenvalue weighted by Gasteiger charge is 2.26. The Hall–Kier alpha value is -2.46. The van der Waals surface area contributed by atoms with Crippen molar-refractivity contribution in [3.63, 3.8) is 0 Å². The molecule has 0 bridgehead atoms. The summed E-state index contributed by atoms with van der Waals surface area (Å²) in [6, 6.07) is 5.56. The van der Waals surface area contributed by atoms with Gasteiger partial charge in [-0.05, 0) is 43.7 Å². The summed E-state index contributed by atoms with van der Waals surface area (Å²) in [5.41, 5.74) is 0. The van der Waals surface area contributed by atoms with Gasteiger partial charge in [-0.15, -0.1) is 0 Å². The molecule has 4 rings (SSSR count). The second kappa shape index (κ2) is 8.50. The van der Waals surface area contributed by atoms with Crippen molar-refractivity contribution in [2.24, 2.45) is 5.92 Å². The number of anilines is 3. The molecule has 156 valence electrons. The summed E-state index contributed by atoms with van der Waals surface area (Å²) in [5, 5.41) is 6.37. The molecule has 1 atom stereocenters. The van der Waals surface area contributed by atoms with Gasteiger partial charge in [0.15, 0.2) is 0 Å². The van der Waals surface area contributed by atoms with Crippen LogP contribution in [0.25, 0.3) is 0 Å². The predicted molar refractivity (Wildman–Crippen MR) is 113 cm³/mol. The minimum Gasteiger partial charge on any atom is -0.373 e. The summed E-state index contributed by atoms with van der Waals surface area (Å²) in [4.78, 5) is 15.3. The number of sulfonamides is 1. The van der Waals surface area contributed by atoms with Crippen molar-refractivity contribution >= 4 is 27.5 Å². The second-order valence-corrected chi connectivity index (χ2v) is 9.32. The number of aromatic nitrogens is 3. The molecule has 1 aliphatic carbocycles. The zero-order valence-corrected chi connectivity index (χ0v) is 17.3. The first kappa shape index (κ1) is 19.8. The van der Waals surface area contributed by atoms with Crippen LogP contribution in [0, 0.1) is 5.92 Å². The number of nitrogens with one attached hydrogen (secondary N) is 3. The molecule has 9 nitrogen and oxygen atoms in total. The fraction of sp³-hybridized carbons (Fsp3) is 0.526. The molecule has 2 aromatic heterocycles. The van der Waals surface area contributed by atoms with E-state index in [0.29, 0.717) is 30.9 Å². The number of pyridine rings is 1. The average Bonchev–Trinajstić information content (AvgIpc) is 3.47. The summed E-state index contributed by atoms with van der Waals surface area (Å²) in [6.07, 6.45) is 7.35. The summed E-state index contributed by atoms with van der Waals surface area (Å²) in [5.74, 6) is 2.86. The SMILES string of the molecule is CNc1cc(N2CCCC2CNc2ccc(S(=O)(=O)NCC3CC3)cn2)ncn1. The first-order valence-corrected chi connectivity index (χ1v) is 11.5. The van der Waals surface area contributed by atoms with Crippen molar-refractivity contribution in [2.75, 3.05) is 42.2 Å². The molecule has 1 unspecified atom stereocenters. The number of hydrogen-bond donors (Lipinski definition) is 3. The average molecular weight is 418 g/mol. The van der Waals surface area contributed by atoms with E-state index in [9.17, 15) is 8.42 Å². The van der Waals surface area contributed by atoms with Crippen LogP contribution < -0.4 is 20.3 Å². The molecular weight excluding hydrogens is 390 g/mol. The van der Waals surface area contributed by atoms with Crippen LogP contribution in [0.3, 0.4) is 0 Å². The maximum atomic E-state index is 12.3. The molecule has 2 fully saturated rings. The lowest BCUT2D eigenvalue weighted by atomic mass is 10.2. The van der Waals surface area contributed by atoms with Gasteiger partial charge in [0, 0.05) is 45.0 Å². The smallest absolute Gasteiger partial charge is 0.242 e. The van der Waals surface area contributed by atoms with Gasteiger partial charge in [-0.2, -0.15) is 0 Å². The highest BCUT2D eigenvalue weighted by molar-refractivity contribution is 7.89.